The van der Waals surface area contributed by atoms with Gasteiger partial charge in [-0.05, 0) is 33.6 Å². The van der Waals surface area contributed by atoms with Crippen LogP contribution in [0.4, 0.5) is 0 Å². The van der Waals surface area contributed by atoms with E-state index in [1.807, 2.05) is 59.0 Å². The van der Waals surface area contributed by atoms with Gasteiger partial charge >= 0.3 is 0 Å². The van der Waals surface area contributed by atoms with Crippen molar-refractivity contribution in [1.82, 2.24) is 9.38 Å². The average molecular weight is 357 g/mol. The number of aromatic nitrogens is 2. The molecule has 2 heterocycles. The molecule has 102 valence electrons. The molecule has 0 aliphatic carbocycles. The van der Waals surface area contributed by atoms with Crippen molar-refractivity contribution in [2.24, 2.45) is 0 Å². The first kappa shape index (κ1) is 12.7. The summed E-state index contributed by atoms with van der Waals surface area (Å²) in [6.07, 6.45) is 0. The second kappa shape index (κ2) is 4.79. The van der Waals surface area contributed by atoms with E-state index in [4.69, 9.17) is 0 Å². The number of hydrogen-bond donors (Lipinski definition) is 0. The average Bonchev–Trinajstić information content (AvgIpc) is 2.87. The van der Waals surface area contributed by atoms with Crippen LogP contribution in [0.1, 0.15) is 0 Å². The Morgan fingerprint density at radius 2 is 1.71 bits per heavy atom. The van der Waals surface area contributed by atoms with Gasteiger partial charge in [0.15, 0.2) is 4.96 Å². The fourth-order valence-electron chi connectivity index (χ4n) is 2.45. The lowest BCUT2D eigenvalue weighted by atomic mass is 10.1. The van der Waals surface area contributed by atoms with E-state index in [0.29, 0.717) is 9.43 Å². The summed E-state index contributed by atoms with van der Waals surface area (Å²) >= 11 is 4.94. The van der Waals surface area contributed by atoms with Crippen LogP contribution in [-0.2, 0) is 0 Å². The summed E-state index contributed by atoms with van der Waals surface area (Å²) < 4.78 is 3.65. The van der Waals surface area contributed by atoms with Crippen LogP contribution in [-0.4, -0.2) is 9.38 Å². The Balaban J connectivity index is 2.27. The third kappa shape index (κ3) is 1.92. The molecule has 2 aromatic heterocycles. The summed E-state index contributed by atoms with van der Waals surface area (Å²) in [5, 5.41) is 0. The molecule has 0 saturated heterocycles. The van der Waals surface area contributed by atoms with Gasteiger partial charge in [0.05, 0.1) is 15.9 Å². The number of benzene rings is 2. The summed E-state index contributed by atoms with van der Waals surface area (Å²) in [5.41, 5.74) is 2.66. The zero-order chi connectivity index (χ0) is 14.4. The van der Waals surface area contributed by atoms with Crippen molar-refractivity contribution in [3.05, 3.63) is 69.4 Å². The van der Waals surface area contributed by atoms with Gasteiger partial charge in [-0.25, -0.2) is 0 Å². The lowest BCUT2D eigenvalue weighted by Gasteiger charge is -2.08. The largest absolute Gasteiger partial charge is 0.288 e. The van der Waals surface area contributed by atoms with Crippen LogP contribution in [0.5, 0.6) is 0 Å². The predicted octanol–water partition coefficient (Wildman–Crippen LogP) is 4.34. The van der Waals surface area contributed by atoms with Crippen LogP contribution < -0.4 is 5.56 Å². The molecule has 21 heavy (non-hydrogen) atoms. The van der Waals surface area contributed by atoms with Crippen LogP contribution in [0.15, 0.2) is 63.9 Å². The highest BCUT2D eigenvalue weighted by Gasteiger charge is 2.16. The number of thiazole rings is 1. The molecule has 0 radical (unpaired) electrons. The lowest BCUT2D eigenvalue weighted by molar-refractivity contribution is 1.13. The Labute approximate surface area is 132 Å². The van der Waals surface area contributed by atoms with E-state index in [0.717, 1.165) is 21.5 Å². The molecule has 0 fully saturated rings. The fourth-order valence-corrected chi connectivity index (χ4v) is 3.96. The topological polar surface area (TPSA) is 34.4 Å². The van der Waals surface area contributed by atoms with Crippen molar-refractivity contribution in [3.63, 3.8) is 0 Å². The van der Waals surface area contributed by atoms with Crippen LogP contribution in [0.2, 0.25) is 0 Å². The number of fused-ring (bicyclic) bond motifs is 3. The minimum Gasteiger partial charge on any atom is -0.283 e. The zero-order valence-corrected chi connectivity index (χ0v) is 13.2. The van der Waals surface area contributed by atoms with Crippen molar-refractivity contribution in [3.8, 4) is 11.3 Å². The number of nitrogens with zero attached hydrogens (tertiary/aromatic N) is 2. The second-order valence-electron chi connectivity index (χ2n) is 4.63. The molecule has 4 rings (SSSR count). The van der Waals surface area contributed by atoms with E-state index in [2.05, 4.69) is 20.9 Å². The maximum Gasteiger partial charge on any atom is 0.288 e. The van der Waals surface area contributed by atoms with Gasteiger partial charge in [0.1, 0.15) is 4.47 Å². The van der Waals surface area contributed by atoms with Gasteiger partial charge in [0.25, 0.3) is 5.56 Å². The van der Waals surface area contributed by atoms with Crippen LogP contribution in [0, 0.1) is 0 Å². The molecule has 0 N–H and O–H groups in total. The number of hydrogen-bond acceptors (Lipinski definition) is 3. The first-order valence-electron chi connectivity index (χ1n) is 6.41. The molecule has 0 unspecified atom stereocenters. The summed E-state index contributed by atoms with van der Waals surface area (Å²) in [6, 6.07) is 18.0. The molecule has 0 saturated carbocycles. The van der Waals surface area contributed by atoms with Crippen LogP contribution in [0.3, 0.4) is 0 Å². The molecule has 0 aliphatic heterocycles. The van der Waals surface area contributed by atoms with E-state index in [9.17, 15) is 4.79 Å². The predicted molar refractivity (Wildman–Crippen MR) is 90.0 cm³/mol. The molecule has 0 bridgehead atoms. The number of para-hydroxylation sites is 1. The summed E-state index contributed by atoms with van der Waals surface area (Å²) in [6.45, 7) is 0. The third-order valence-corrected chi connectivity index (χ3v) is 5.10. The van der Waals surface area contributed by atoms with E-state index >= 15 is 0 Å². The van der Waals surface area contributed by atoms with E-state index in [1.165, 1.54) is 11.3 Å². The van der Waals surface area contributed by atoms with Crippen molar-refractivity contribution < 1.29 is 0 Å². The molecule has 5 heteroatoms. The standard InChI is InChI=1S/C16H9BrN2OS/c17-13-14(10-6-2-1-3-7-10)19-11-8-4-5-9-12(11)21-16(19)18-15(13)20/h1-9H. The number of halogens is 1. The van der Waals surface area contributed by atoms with Gasteiger partial charge in [0, 0.05) is 0 Å². The first-order valence-corrected chi connectivity index (χ1v) is 8.02. The minimum absolute atomic E-state index is 0.236. The molecular weight excluding hydrogens is 348 g/mol. The molecule has 2 aromatic carbocycles. The first-order chi connectivity index (χ1) is 10.3. The highest BCUT2D eigenvalue weighted by molar-refractivity contribution is 9.10. The molecule has 0 aliphatic rings. The Bertz CT molecular complexity index is 1020. The van der Waals surface area contributed by atoms with Crippen LogP contribution in [0.25, 0.3) is 26.4 Å². The van der Waals surface area contributed by atoms with Crippen LogP contribution >= 0.6 is 27.3 Å². The Morgan fingerprint density at radius 3 is 2.52 bits per heavy atom. The summed E-state index contributed by atoms with van der Waals surface area (Å²) in [7, 11) is 0. The monoisotopic (exact) mass is 356 g/mol. The van der Waals surface area contributed by atoms with E-state index < -0.39 is 0 Å². The van der Waals surface area contributed by atoms with Crippen molar-refractivity contribution in [2.75, 3.05) is 0 Å². The molecule has 0 spiro atoms. The van der Waals surface area contributed by atoms with Gasteiger partial charge in [0.2, 0.25) is 0 Å². The Morgan fingerprint density at radius 1 is 1.00 bits per heavy atom. The van der Waals surface area contributed by atoms with E-state index in [-0.39, 0.29) is 5.56 Å². The maximum absolute atomic E-state index is 12.1. The zero-order valence-electron chi connectivity index (χ0n) is 10.8. The maximum atomic E-state index is 12.1. The minimum atomic E-state index is -0.236. The van der Waals surface area contributed by atoms with Gasteiger partial charge in [-0.3, -0.25) is 9.20 Å². The molecule has 0 amide bonds. The van der Waals surface area contributed by atoms with Gasteiger partial charge in [-0.2, -0.15) is 4.98 Å². The van der Waals surface area contributed by atoms with Crippen molar-refractivity contribution in [1.29, 1.82) is 0 Å². The van der Waals surface area contributed by atoms with Crippen molar-refractivity contribution >= 4 is 42.4 Å². The molecule has 4 aromatic rings. The second-order valence-corrected chi connectivity index (χ2v) is 6.44. The van der Waals surface area contributed by atoms with Crippen molar-refractivity contribution in [2.45, 2.75) is 0 Å². The summed E-state index contributed by atoms with van der Waals surface area (Å²) in [5.74, 6) is 0. The number of rotatable bonds is 1. The normalized spacial score (nSPS) is 11.3. The highest BCUT2D eigenvalue weighted by atomic mass is 79.9. The molecule has 3 nitrogen and oxygen atoms in total. The van der Waals surface area contributed by atoms with Gasteiger partial charge < -0.3 is 0 Å². The Kier molecular flexibility index (Phi) is 2.90. The molecular formula is C16H9BrN2OS. The Hall–Kier alpha value is -1.98. The SMILES string of the molecule is O=c1nc2sc3ccccc3n2c(-c2ccccc2)c1Br. The summed E-state index contributed by atoms with van der Waals surface area (Å²) in [4.78, 5) is 17.0. The highest BCUT2D eigenvalue weighted by Crippen LogP contribution is 2.32. The van der Waals surface area contributed by atoms with Gasteiger partial charge in [-0.15, -0.1) is 0 Å². The molecule has 0 atom stereocenters. The lowest BCUT2D eigenvalue weighted by Crippen LogP contribution is -2.11. The third-order valence-electron chi connectivity index (χ3n) is 3.36. The fraction of sp³-hybridized carbons (Fsp3) is 0. The quantitative estimate of drug-likeness (QED) is 0.508. The van der Waals surface area contributed by atoms with Gasteiger partial charge in [-0.1, -0.05) is 53.8 Å². The van der Waals surface area contributed by atoms with E-state index in [1.54, 1.807) is 0 Å². The smallest absolute Gasteiger partial charge is 0.283 e.